The van der Waals surface area contributed by atoms with Crippen molar-refractivity contribution >= 4 is 15.9 Å². The number of rotatable bonds is 6. The lowest BCUT2D eigenvalue weighted by atomic mass is 9.90. The monoisotopic (exact) mass is 296 g/mol. The van der Waals surface area contributed by atoms with Crippen molar-refractivity contribution in [3.8, 4) is 5.75 Å². The van der Waals surface area contributed by atoms with Gasteiger partial charge in [-0.1, -0.05) is 59.8 Å². The van der Waals surface area contributed by atoms with Crippen LogP contribution in [0.1, 0.15) is 32.1 Å². The molecule has 0 aliphatic heterocycles. The summed E-state index contributed by atoms with van der Waals surface area (Å²) in [6, 6.07) is 10.1. The molecular weight excluding hydrogens is 276 g/mol. The molecule has 0 amide bonds. The Hall–Kier alpha value is -0.500. The summed E-state index contributed by atoms with van der Waals surface area (Å²) in [6.45, 7) is 0.844. The highest BCUT2D eigenvalue weighted by molar-refractivity contribution is 9.09. The minimum absolute atomic E-state index is 0.793. The maximum Gasteiger partial charge on any atom is 0.119 e. The third kappa shape index (κ3) is 4.02. The molecular formula is C15H21BrO. The largest absolute Gasteiger partial charge is 0.494 e. The highest BCUT2D eigenvalue weighted by Crippen LogP contribution is 2.34. The molecule has 1 aromatic rings. The van der Waals surface area contributed by atoms with Crippen molar-refractivity contribution in [2.75, 3.05) is 11.9 Å². The van der Waals surface area contributed by atoms with E-state index in [1.807, 2.05) is 30.3 Å². The second-order valence-electron chi connectivity index (χ2n) is 4.91. The first-order valence-electron chi connectivity index (χ1n) is 6.64. The molecule has 1 fully saturated rings. The summed E-state index contributed by atoms with van der Waals surface area (Å²) in [6.07, 6.45) is 6.86. The first-order valence-corrected chi connectivity index (χ1v) is 7.76. The molecule has 0 saturated heterocycles. The van der Waals surface area contributed by atoms with Crippen LogP contribution in [-0.4, -0.2) is 11.9 Å². The Morgan fingerprint density at radius 2 is 1.88 bits per heavy atom. The summed E-state index contributed by atoms with van der Waals surface area (Å²) in [7, 11) is 0. The highest BCUT2D eigenvalue weighted by Gasteiger charge is 2.23. The third-order valence-electron chi connectivity index (χ3n) is 3.77. The van der Waals surface area contributed by atoms with Gasteiger partial charge in [-0.15, -0.1) is 0 Å². The summed E-state index contributed by atoms with van der Waals surface area (Å²) in [5, 5.41) is 1.12. The summed E-state index contributed by atoms with van der Waals surface area (Å²) in [5.41, 5.74) is 0. The van der Waals surface area contributed by atoms with E-state index in [2.05, 4.69) is 15.9 Å². The molecule has 17 heavy (non-hydrogen) atoms. The minimum Gasteiger partial charge on any atom is -0.494 e. The van der Waals surface area contributed by atoms with E-state index in [0.717, 1.165) is 29.5 Å². The van der Waals surface area contributed by atoms with Gasteiger partial charge in [-0.25, -0.2) is 0 Å². The van der Waals surface area contributed by atoms with Crippen LogP contribution in [0.3, 0.4) is 0 Å². The fraction of sp³-hybridized carbons (Fsp3) is 0.600. The van der Waals surface area contributed by atoms with Crippen molar-refractivity contribution < 1.29 is 4.74 Å². The van der Waals surface area contributed by atoms with Gasteiger partial charge in [-0.3, -0.25) is 0 Å². The van der Waals surface area contributed by atoms with Gasteiger partial charge in [0.2, 0.25) is 0 Å². The topological polar surface area (TPSA) is 9.23 Å². The standard InChI is InChI=1S/C15H21BrO/c16-12-14(13-6-4-5-7-13)10-11-17-15-8-2-1-3-9-15/h1-3,8-9,13-14H,4-7,10-12H2. The summed E-state index contributed by atoms with van der Waals surface area (Å²) in [4.78, 5) is 0. The van der Waals surface area contributed by atoms with E-state index < -0.39 is 0 Å². The first-order chi connectivity index (χ1) is 8.40. The number of hydrogen-bond donors (Lipinski definition) is 0. The van der Waals surface area contributed by atoms with Gasteiger partial charge in [0, 0.05) is 5.33 Å². The first kappa shape index (κ1) is 12.9. The molecule has 1 unspecified atom stereocenters. The smallest absolute Gasteiger partial charge is 0.119 e. The summed E-state index contributed by atoms with van der Waals surface area (Å²) >= 11 is 3.66. The Labute approximate surface area is 113 Å². The van der Waals surface area contributed by atoms with Crippen LogP contribution < -0.4 is 4.74 Å². The number of ether oxygens (including phenoxy) is 1. The maximum atomic E-state index is 5.78. The zero-order valence-corrected chi connectivity index (χ0v) is 11.9. The lowest BCUT2D eigenvalue weighted by Gasteiger charge is -2.21. The molecule has 0 spiro atoms. The third-order valence-corrected chi connectivity index (χ3v) is 4.60. The van der Waals surface area contributed by atoms with Crippen molar-refractivity contribution in [2.24, 2.45) is 11.8 Å². The zero-order valence-electron chi connectivity index (χ0n) is 10.3. The van der Waals surface area contributed by atoms with Gasteiger partial charge >= 0.3 is 0 Å². The van der Waals surface area contributed by atoms with Crippen LogP contribution >= 0.6 is 15.9 Å². The average Bonchev–Trinajstić information content (AvgIpc) is 2.90. The van der Waals surface area contributed by atoms with Gasteiger partial charge in [0.05, 0.1) is 6.61 Å². The predicted molar refractivity (Wildman–Crippen MR) is 75.8 cm³/mol. The number of hydrogen-bond acceptors (Lipinski definition) is 1. The molecule has 0 bridgehead atoms. The number of benzene rings is 1. The van der Waals surface area contributed by atoms with Crippen molar-refractivity contribution in [3.05, 3.63) is 30.3 Å². The Bertz CT molecular complexity index is 306. The van der Waals surface area contributed by atoms with Crippen LogP contribution in [0.15, 0.2) is 30.3 Å². The molecule has 1 saturated carbocycles. The Balaban J connectivity index is 1.72. The molecule has 2 rings (SSSR count). The predicted octanol–water partition coefficient (Wildman–Crippen LogP) is 4.66. The molecule has 0 heterocycles. The van der Waals surface area contributed by atoms with Gasteiger partial charge in [-0.2, -0.15) is 0 Å². The Morgan fingerprint density at radius 3 is 2.53 bits per heavy atom. The van der Waals surface area contributed by atoms with E-state index in [9.17, 15) is 0 Å². The van der Waals surface area contributed by atoms with Crippen LogP contribution in [0.2, 0.25) is 0 Å². The molecule has 0 aromatic heterocycles. The van der Waals surface area contributed by atoms with Gasteiger partial charge in [-0.05, 0) is 30.4 Å². The molecule has 1 aliphatic carbocycles. The molecule has 0 radical (unpaired) electrons. The van der Waals surface area contributed by atoms with E-state index in [1.54, 1.807) is 0 Å². The second-order valence-corrected chi connectivity index (χ2v) is 5.56. The van der Waals surface area contributed by atoms with E-state index in [4.69, 9.17) is 4.74 Å². The highest BCUT2D eigenvalue weighted by atomic mass is 79.9. The van der Waals surface area contributed by atoms with Crippen LogP contribution in [0.4, 0.5) is 0 Å². The molecule has 1 atom stereocenters. The van der Waals surface area contributed by atoms with Gasteiger partial charge in [0.25, 0.3) is 0 Å². The van der Waals surface area contributed by atoms with Crippen LogP contribution in [0, 0.1) is 11.8 Å². The SMILES string of the molecule is BrCC(CCOc1ccccc1)C1CCCC1. The Kier molecular flexibility index (Phi) is 5.37. The Morgan fingerprint density at radius 1 is 1.18 bits per heavy atom. The van der Waals surface area contributed by atoms with Crippen LogP contribution in [-0.2, 0) is 0 Å². The van der Waals surface area contributed by atoms with E-state index in [0.29, 0.717) is 0 Å². The van der Waals surface area contributed by atoms with Crippen molar-refractivity contribution in [1.29, 1.82) is 0 Å². The molecule has 1 aliphatic rings. The normalized spacial score (nSPS) is 18.2. The van der Waals surface area contributed by atoms with Crippen LogP contribution in [0.25, 0.3) is 0 Å². The number of halogens is 1. The molecule has 0 N–H and O–H groups in total. The van der Waals surface area contributed by atoms with Crippen LogP contribution in [0.5, 0.6) is 5.75 Å². The van der Waals surface area contributed by atoms with E-state index in [1.165, 1.54) is 32.1 Å². The zero-order chi connectivity index (χ0) is 11.9. The molecule has 2 heteroatoms. The summed E-state index contributed by atoms with van der Waals surface area (Å²) in [5.74, 6) is 2.71. The van der Waals surface area contributed by atoms with E-state index in [-0.39, 0.29) is 0 Å². The van der Waals surface area contributed by atoms with Crippen molar-refractivity contribution in [3.63, 3.8) is 0 Å². The summed E-state index contributed by atoms with van der Waals surface area (Å²) < 4.78 is 5.78. The molecule has 1 aromatic carbocycles. The fourth-order valence-electron chi connectivity index (χ4n) is 2.71. The molecule has 94 valence electrons. The van der Waals surface area contributed by atoms with Crippen molar-refractivity contribution in [1.82, 2.24) is 0 Å². The van der Waals surface area contributed by atoms with Gasteiger partial charge in [0.15, 0.2) is 0 Å². The lowest BCUT2D eigenvalue weighted by Crippen LogP contribution is -2.16. The van der Waals surface area contributed by atoms with Gasteiger partial charge in [0.1, 0.15) is 5.75 Å². The second kappa shape index (κ2) is 7.05. The van der Waals surface area contributed by atoms with Crippen molar-refractivity contribution in [2.45, 2.75) is 32.1 Å². The maximum absolute atomic E-state index is 5.78. The minimum atomic E-state index is 0.793. The van der Waals surface area contributed by atoms with Gasteiger partial charge < -0.3 is 4.74 Å². The molecule has 1 nitrogen and oxygen atoms in total. The average molecular weight is 297 g/mol. The lowest BCUT2D eigenvalue weighted by molar-refractivity contribution is 0.250. The fourth-order valence-corrected chi connectivity index (χ4v) is 3.56. The van der Waals surface area contributed by atoms with E-state index >= 15 is 0 Å². The number of alkyl halides is 1. The quantitative estimate of drug-likeness (QED) is 0.694. The number of para-hydroxylation sites is 1.